The highest BCUT2D eigenvalue weighted by Crippen LogP contribution is 2.38. The quantitative estimate of drug-likeness (QED) is 0.736. The van der Waals surface area contributed by atoms with Crippen LogP contribution in [0.1, 0.15) is 47.8 Å². The third-order valence-corrected chi connectivity index (χ3v) is 6.13. The molecule has 0 spiro atoms. The molecular weight excluding hydrogens is 362 g/mol. The summed E-state index contributed by atoms with van der Waals surface area (Å²) in [5.41, 5.74) is 9.11. The first-order chi connectivity index (χ1) is 13.5. The monoisotopic (exact) mass is 384 g/mol. The second-order valence-corrected chi connectivity index (χ2v) is 7.91. The van der Waals surface area contributed by atoms with Crippen LogP contribution < -0.4 is 5.73 Å². The molecule has 1 aliphatic carbocycles. The van der Waals surface area contributed by atoms with Crippen LogP contribution in [0.2, 0.25) is 0 Å². The molecule has 2 unspecified atom stereocenters. The number of aromatic nitrogens is 4. The molecule has 3 aromatic rings. The van der Waals surface area contributed by atoms with Crippen molar-refractivity contribution < 1.29 is 8.78 Å². The molecule has 5 rings (SSSR count). The molecule has 0 amide bonds. The highest BCUT2D eigenvalue weighted by atomic mass is 19.1. The van der Waals surface area contributed by atoms with Crippen LogP contribution in [-0.4, -0.2) is 36.6 Å². The molecule has 146 valence electrons. The first-order valence-electron chi connectivity index (χ1n) is 9.64. The number of fused-ring (bicyclic) bond motifs is 3. The lowest BCUT2D eigenvalue weighted by Gasteiger charge is -2.38. The van der Waals surface area contributed by atoms with Crippen molar-refractivity contribution in [3.63, 3.8) is 0 Å². The van der Waals surface area contributed by atoms with Crippen LogP contribution in [0.4, 0.5) is 8.78 Å². The van der Waals surface area contributed by atoms with E-state index in [0.29, 0.717) is 23.2 Å². The van der Waals surface area contributed by atoms with Crippen molar-refractivity contribution in [2.24, 2.45) is 5.73 Å². The number of hydrogen-bond acceptors (Lipinski definition) is 5. The Kier molecular flexibility index (Phi) is 4.13. The molecule has 0 saturated heterocycles. The molecule has 8 heteroatoms. The van der Waals surface area contributed by atoms with Crippen LogP contribution in [0, 0.1) is 18.6 Å². The maximum Gasteiger partial charge on any atom is 0.252 e. The van der Waals surface area contributed by atoms with Crippen molar-refractivity contribution in [2.45, 2.75) is 57.3 Å². The van der Waals surface area contributed by atoms with Crippen molar-refractivity contribution >= 4 is 5.78 Å². The lowest BCUT2D eigenvalue weighted by Crippen LogP contribution is -2.44. The minimum absolute atomic E-state index is 0.150. The molecule has 2 aliphatic rings. The summed E-state index contributed by atoms with van der Waals surface area (Å²) in [5, 5.41) is 4.46. The summed E-state index contributed by atoms with van der Waals surface area (Å²) in [6.45, 7) is 3.43. The third kappa shape index (κ3) is 2.87. The fraction of sp³-hybridized carbons (Fsp3) is 0.450. The summed E-state index contributed by atoms with van der Waals surface area (Å²) < 4.78 is 29.6. The van der Waals surface area contributed by atoms with E-state index in [-0.39, 0.29) is 17.8 Å². The Balaban J connectivity index is 1.34. The number of halogens is 2. The van der Waals surface area contributed by atoms with E-state index in [9.17, 15) is 8.78 Å². The van der Waals surface area contributed by atoms with Crippen LogP contribution in [0.3, 0.4) is 0 Å². The van der Waals surface area contributed by atoms with Crippen LogP contribution in [0.15, 0.2) is 24.4 Å². The van der Waals surface area contributed by atoms with Gasteiger partial charge in [-0.1, -0.05) is 0 Å². The van der Waals surface area contributed by atoms with Gasteiger partial charge in [0.15, 0.2) is 0 Å². The minimum atomic E-state index is -0.416. The fourth-order valence-corrected chi connectivity index (χ4v) is 4.74. The van der Waals surface area contributed by atoms with E-state index in [4.69, 9.17) is 5.73 Å². The zero-order chi connectivity index (χ0) is 19.4. The van der Waals surface area contributed by atoms with Gasteiger partial charge in [-0.15, -0.1) is 5.10 Å². The van der Waals surface area contributed by atoms with Gasteiger partial charge in [-0.2, -0.15) is 9.50 Å². The van der Waals surface area contributed by atoms with Crippen LogP contribution in [-0.2, 0) is 13.1 Å². The van der Waals surface area contributed by atoms with Gasteiger partial charge in [0.25, 0.3) is 5.78 Å². The van der Waals surface area contributed by atoms with Crippen LogP contribution >= 0.6 is 0 Å². The maximum absolute atomic E-state index is 14.2. The van der Waals surface area contributed by atoms with E-state index < -0.39 is 5.82 Å². The van der Waals surface area contributed by atoms with Crippen molar-refractivity contribution in [1.82, 2.24) is 24.5 Å². The van der Waals surface area contributed by atoms with Gasteiger partial charge in [0.1, 0.15) is 17.5 Å². The minimum Gasteiger partial charge on any atom is -0.327 e. The summed E-state index contributed by atoms with van der Waals surface area (Å²) in [7, 11) is 0. The normalized spacial score (nSPS) is 25.4. The maximum atomic E-state index is 14.2. The average molecular weight is 384 g/mol. The second kappa shape index (κ2) is 6.56. The summed E-state index contributed by atoms with van der Waals surface area (Å²) >= 11 is 0. The van der Waals surface area contributed by atoms with E-state index >= 15 is 0 Å². The number of hydrogen-bond donors (Lipinski definition) is 1. The summed E-state index contributed by atoms with van der Waals surface area (Å²) in [4.78, 5) is 11.1. The van der Waals surface area contributed by atoms with Gasteiger partial charge in [-0.3, -0.25) is 4.90 Å². The predicted octanol–water partition coefficient (Wildman–Crippen LogP) is 2.69. The third-order valence-electron chi connectivity index (χ3n) is 6.13. The van der Waals surface area contributed by atoms with Gasteiger partial charge >= 0.3 is 0 Å². The van der Waals surface area contributed by atoms with Gasteiger partial charge in [0, 0.05) is 42.9 Å². The molecule has 3 atom stereocenters. The fourth-order valence-electron chi connectivity index (χ4n) is 4.74. The van der Waals surface area contributed by atoms with E-state index in [0.717, 1.165) is 49.7 Å². The Bertz CT molecular complexity index is 1050. The highest BCUT2D eigenvalue weighted by molar-refractivity contribution is 5.35. The number of rotatable bonds is 2. The zero-order valence-electron chi connectivity index (χ0n) is 15.6. The molecule has 1 aromatic carbocycles. The Labute approximate surface area is 161 Å². The number of aryl methyl sites for hydroxylation is 1. The molecule has 28 heavy (non-hydrogen) atoms. The molecular formula is C20H22F2N6. The molecule has 2 aromatic heterocycles. The molecule has 6 nitrogen and oxygen atoms in total. The Morgan fingerprint density at radius 2 is 2.04 bits per heavy atom. The van der Waals surface area contributed by atoms with Crippen molar-refractivity contribution in [3.05, 3.63) is 58.7 Å². The largest absolute Gasteiger partial charge is 0.327 e. The van der Waals surface area contributed by atoms with Gasteiger partial charge in [0.05, 0.1) is 5.69 Å². The van der Waals surface area contributed by atoms with E-state index in [2.05, 4.69) is 20.0 Å². The van der Waals surface area contributed by atoms with Crippen LogP contribution in [0.25, 0.3) is 5.78 Å². The summed E-state index contributed by atoms with van der Waals surface area (Å²) in [6, 6.07) is 3.73. The molecule has 1 fully saturated rings. The van der Waals surface area contributed by atoms with Gasteiger partial charge in [-0.05, 0) is 49.9 Å². The topological polar surface area (TPSA) is 72.3 Å². The molecule has 0 bridgehead atoms. The van der Waals surface area contributed by atoms with Crippen molar-refractivity contribution in [2.75, 3.05) is 0 Å². The van der Waals surface area contributed by atoms with Crippen molar-refractivity contribution in [3.8, 4) is 0 Å². The molecule has 3 heterocycles. The predicted molar refractivity (Wildman–Crippen MR) is 99.5 cm³/mol. The van der Waals surface area contributed by atoms with Gasteiger partial charge in [-0.25, -0.2) is 13.8 Å². The summed E-state index contributed by atoms with van der Waals surface area (Å²) in [5.74, 6) is 0.395. The second-order valence-electron chi connectivity index (χ2n) is 7.91. The molecule has 0 radical (unpaired) electrons. The van der Waals surface area contributed by atoms with E-state index in [1.54, 1.807) is 0 Å². The Morgan fingerprint density at radius 1 is 1.18 bits per heavy atom. The molecule has 2 N–H and O–H groups in total. The zero-order valence-corrected chi connectivity index (χ0v) is 15.6. The molecule has 1 saturated carbocycles. The number of nitrogens with zero attached hydrogens (tertiary/aromatic N) is 5. The smallest absolute Gasteiger partial charge is 0.252 e. The number of nitrogens with two attached hydrogens (primary N) is 1. The van der Waals surface area contributed by atoms with Crippen molar-refractivity contribution in [1.29, 1.82) is 0 Å². The molecule has 1 aliphatic heterocycles. The van der Waals surface area contributed by atoms with Gasteiger partial charge in [0.2, 0.25) is 0 Å². The first-order valence-corrected chi connectivity index (χ1v) is 9.64. The standard InChI is InChI=1S/C20H22F2N6/c1-11-25-20-24-8-12-9-27(10-19(12)28(20)26-11)14-3-4-15(18(23)7-14)16-6-13(21)2-5-17(16)22/h2,5-6,8,14-15,18H,3-4,7,9-10,23H2,1H3/t14?,15-,18?/m1/s1. The van der Waals surface area contributed by atoms with E-state index in [1.807, 2.05) is 17.6 Å². The van der Waals surface area contributed by atoms with Crippen LogP contribution in [0.5, 0.6) is 0 Å². The summed E-state index contributed by atoms with van der Waals surface area (Å²) in [6.07, 6.45) is 4.28. The lowest BCUT2D eigenvalue weighted by molar-refractivity contribution is 0.136. The van der Waals surface area contributed by atoms with Gasteiger partial charge < -0.3 is 5.73 Å². The number of benzene rings is 1. The van der Waals surface area contributed by atoms with E-state index in [1.165, 1.54) is 12.1 Å². The average Bonchev–Trinajstić information content (AvgIpc) is 3.26. The highest BCUT2D eigenvalue weighted by Gasteiger charge is 2.36. The Morgan fingerprint density at radius 3 is 2.86 bits per heavy atom. The first kappa shape index (κ1) is 17.6. The lowest BCUT2D eigenvalue weighted by atomic mass is 9.77. The Hall–Kier alpha value is -2.45. The SMILES string of the molecule is Cc1nc2ncc3c(n2n1)CN(C1CC[C@H](c2cc(F)ccc2F)C(N)C1)C3.